The molecule has 0 aliphatic carbocycles. The normalized spacial score (nSPS) is 18.0. The Labute approximate surface area is 123 Å². The van der Waals surface area contributed by atoms with Gasteiger partial charge in [0.25, 0.3) is 0 Å². The number of hydrogen-bond acceptors (Lipinski definition) is 4. The third kappa shape index (κ3) is 3.04. The summed E-state index contributed by atoms with van der Waals surface area (Å²) in [6.07, 6.45) is 4.64. The number of nitrogens with zero attached hydrogens (tertiary/aromatic N) is 4. The zero-order valence-electron chi connectivity index (χ0n) is 12.0. The van der Waals surface area contributed by atoms with Crippen LogP contribution >= 0.6 is 0 Å². The van der Waals surface area contributed by atoms with E-state index in [1.54, 1.807) is 24.3 Å². The van der Waals surface area contributed by atoms with Crippen molar-refractivity contribution in [3.05, 3.63) is 42.2 Å². The molecule has 1 aliphatic rings. The molecule has 1 fully saturated rings. The van der Waals surface area contributed by atoms with Gasteiger partial charge in [-0.15, -0.1) is 0 Å². The second-order valence-electron chi connectivity index (χ2n) is 5.16. The first-order chi connectivity index (χ1) is 10.3. The molecule has 6 heteroatoms. The minimum Gasteiger partial charge on any atom is -0.497 e. The molecule has 21 heavy (non-hydrogen) atoms. The molecule has 0 radical (unpaired) electrons. The van der Waals surface area contributed by atoms with Crippen molar-refractivity contribution in [2.45, 2.75) is 18.9 Å². The van der Waals surface area contributed by atoms with Gasteiger partial charge in [-0.3, -0.25) is 4.79 Å². The maximum atomic E-state index is 12.4. The molecule has 1 amide bonds. The van der Waals surface area contributed by atoms with Crippen molar-refractivity contribution in [2.24, 2.45) is 0 Å². The van der Waals surface area contributed by atoms with E-state index in [9.17, 15) is 4.79 Å². The average Bonchev–Trinajstić information content (AvgIpc) is 3.18. The molecular formula is C15H18N4O2. The Morgan fingerprint density at radius 2 is 2.19 bits per heavy atom. The number of likely N-dealkylation sites (tertiary alicyclic amines) is 1. The van der Waals surface area contributed by atoms with E-state index in [0.29, 0.717) is 13.0 Å². The first-order valence-electron chi connectivity index (χ1n) is 7.03. The molecule has 0 N–H and O–H groups in total. The van der Waals surface area contributed by atoms with Gasteiger partial charge in [0.1, 0.15) is 5.75 Å². The van der Waals surface area contributed by atoms with Crippen LogP contribution in [0.1, 0.15) is 18.0 Å². The van der Waals surface area contributed by atoms with Crippen LogP contribution in [0.15, 0.2) is 36.7 Å². The van der Waals surface area contributed by atoms with Crippen LogP contribution in [0.4, 0.5) is 0 Å². The van der Waals surface area contributed by atoms with Crippen molar-refractivity contribution in [1.29, 1.82) is 0 Å². The third-order valence-corrected chi connectivity index (χ3v) is 3.77. The van der Waals surface area contributed by atoms with E-state index in [-0.39, 0.29) is 11.9 Å². The van der Waals surface area contributed by atoms with Crippen molar-refractivity contribution in [1.82, 2.24) is 19.9 Å². The minimum absolute atomic E-state index is 0.137. The largest absolute Gasteiger partial charge is 0.497 e. The van der Waals surface area contributed by atoms with E-state index in [4.69, 9.17) is 4.74 Å². The summed E-state index contributed by atoms with van der Waals surface area (Å²) in [5.74, 6) is 0.915. The molecule has 0 saturated carbocycles. The highest BCUT2D eigenvalue weighted by atomic mass is 16.5. The third-order valence-electron chi connectivity index (χ3n) is 3.77. The molecule has 2 aromatic rings. The van der Waals surface area contributed by atoms with Gasteiger partial charge in [0.2, 0.25) is 5.91 Å². The lowest BCUT2D eigenvalue weighted by molar-refractivity contribution is -0.129. The number of hydrogen-bond donors (Lipinski definition) is 0. The summed E-state index contributed by atoms with van der Waals surface area (Å²) in [5.41, 5.74) is 0.972. The highest BCUT2D eigenvalue weighted by Crippen LogP contribution is 2.21. The van der Waals surface area contributed by atoms with E-state index in [1.807, 2.05) is 29.2 Å². The summed E-state index contributed by atoms with van der Waals surface area (Å²) >= 11 is 0. The number of carbonyl (C=O) groups excluding carboxylic acids is 1. The molecule has 1 aliphatic heterocycles. The fraction of sp³-hybridized carbons (Fsp3) is 0.400. The van der Waals surface area contributed by atoms with E-state index >= 15 is 0 Å². The molecule has 1 aromatic heterocycles. The monoisotopic (exact) mass is 286 g/mol. The predicted molar refractivity (Wildman–Crippen MR) is 77.0 cm³/mol. The van der Waals surface area contributed by atoms with Crippen LogP contribution in [0.2, 0.25) is 0 Å². The highest BCUT2D eigenvalue weighted by Gasteiger charge is 2.28. The van der Waals surface area contributed by atoms with Gasteiger partial charge in [0, 0.05) is 13.1 Å². The smallest absolute Gasteiger partial charge is 0.227 e. The standard InChI is InChI=1S/C15H18N4O2/c1-21-14-4-2-3-12(9-14)10-15(20)18-8-5-13(11-18)19-16-6-7-17-19/h2-4,6-7,9,13H,5,8,10-11H2,1H3/t13-/m1/s1. The van der Waals surface area contributed by atoms with E-state index in [0.717, 1.165) is 24.3 Å². The van der Waals surface area contributed by atoms with Gasteiger partial charge in [0.05, 0.1) is 32.0 Å². The van der Waals surface area contributed by atoms with Gasteiger partial charge in [-0.1, -0.05) is 12.1 Å². The molecule has 3 rings (SSSR count). The van der Waals surface area contributed by atoms with Crippen molar-refractivity contribution in [3.63, 3.8) is 0 Å². The van der Waals surface area contributed by atoms with Crippen LogP contribution in [-0.4, -0.2) is 46.0 Å². The molecule has 6 nitrogen and oxygen atoms in total. The Morgan fingerprint density at radius 1 is 1.38 bits per heavy atom. The topological polar surface area (TPSA) is 60.2 Å². The molecule has 1 saturated heterocycles. The zero-order chi connectivity index (χ0) is 14.7. The van der Waals surface area contributed by atoms with Crippen molar-refractivity contribution in [2.75, 3.05) is 20.2 Å². The molecule has 0 spiro atoms. The van der Waals surface area contributed by atoms with Gasteiger partial charge < -0.3 is 9.64 Å². The lowest BCUT2D eigenvalue weighted by Gasteiger charge is -2.16. The molecule has 0 bridgehead atoms. The SMILES string of the molecule is COc1cccc(CC(=O)N2CC[C@@H](n3nccn3)C2)c1. The lowest BCUT2D eigenvalue weighted by Crippen LogP contribution is -2.30. The van der Waals surface area contributed by atoms with E-state index < -0.39 is 0 Å². The van der Waals surface area contributed by atoms with Crippen molar-refractivity contribution >= 4 is 5.91 Å². The van der Waals surface area contributed by atoms with Gasteiger partial charge in [-0.25, -0.2) is 0 Å². The predicted octanol–water partition coefficient (Wildman–Crippen LogP) is 1.30. The van der Waals surface area contributed by atoms with Gasteiger partial charge in [-0.2, -0.15) is 15.0 Å². The van der Waals surface area contributed by atoms with Gasteiger partial charge in [0.15, 0.2) is 0 Å². The summed E-state index contributed by atoms with van der Waals surface area (Å²) in [7, 11) is 1.63. The van der Waals surface area contributed by atoms with Crippen molar-refractivity contribution in [3.8, 4) is 5.75 Å². The molecule has 2 heterocycles. The second-order valence-corrected chi connectivity index (χ2v) is 5.16. The second kappa shape index (κ2) is 5.95. The number of amides is 1. The number of carbonyl (C=O) groups is 1. The maximum absolute atomic E-state index is 12.4. The maximum Gasteiger partial charge on any atom is 0.227 e. The zero-order valence-corrected chi connectivity index (χ0v) is 12.0. The lowest BCUT2D eigenvalue weighted by atomic mass is 10.1. The van der Waals surface area contributed by atoms with Gasteiger partial charge in [-0.05, 0) is 24.1 Å². The molecule has 1 atom stereocenters. The Balaban J connectivity index is 1.61. The Morgan fingerprint density at radius 3 is 2.95 bits per heavy atom. The summed E-state index contributed by atoms with van der Waals surface area (Å²) in [5, 5.41) is 8.30. The Kier molecular flexibility index (Phi) is 3.85. The first-order valence-corrected chi connectivity index (χ1v) is 7.03. The average molecular weight is 286 g/mol. The van der Waals surface area contributed by atoms with E-state index in [2.05, 4.69) is 10.2 Å². The van der Waals surface area contributed by atoms with Gasteiger partial charge >= 0.3 is 0 Å². The van der Waals surface area contributed by atoms with Crippen LogP contribution in [0.25, 0.3) is 0 Å². The number of benzene rings is 1. The van der Waals surface area contributed by atoms with Crippen LogP contribution < -0.4 is 4.74 Å². The van der Waals surface area contributed by atoms with Crippen LogP contribution in [0.3, 0.4) is 0 Å². The molecular weight excluding hydrogens is 268 g/mol. The van der Waals surface area contributed by atoms with Crippen molar-refractivity contribution < 1.29 is 9.53 Å². The fourth-order valence-electron chi connectivity index (χ4n) is 2.64. The summed E-state index contributed by atoms with van der Waals surface area (Å²) in [6.45, 7) is 1.44. The molecule has 1 aromatic carbocycles. The van der Waals surface area contributed by atoms with Crippen LogP contribution in [0.5, 0.6) is 5.75 Å². The highest BCUT2D eigenvalue weighted by molar-refractivity contribution is 5.79. The summed E-state index contributed by atoms with van der Waals surface area (Å²) in [4.78, 5) is 15.9. The number of methoxy groups -OCH3 is 1. The Bertz CT molecular complexity index is 612. The van der Waals surface area contributed by atoms with Crippen LogP contribution in [0, 0.1) is 0 Å². The minimum atomic E-state index is 0.137. The van der Waals surface area contributed by atoms with E-state index in [1.165, 1.54) is 0 Å². The number of rotatable bonds is 4. The Hall–Kier alpha value is -2.37. The quantitative estimate of drug-likeness (QED) is 0.850. The fourth-order valence-corrected chi connectivity index (χ4v) is 2.64. The first kappa shape index (κ1) is 13.6. The van der Waals surface area contributed by atoms with Crippen LogP contribution in [-0.2, 0) is 11.2 Å². The number of ether oxygens (including phenoxy) is 1. The summed E-state index contributed by atoms with van der Waals surface area (Å²) < 4.78 is 5.18. The summed E-state index contributed by atoms with van der Waals surface area (Å²) in [6, 6.07) is 7.82. The molecule has 0 unspecified atom stereocenters. The molecule has 110 valence electrons. The number of aromatic nitrogens is 3.